The Morgan fingerprint density at radius 2 is 0.600 bits per heavy atom. The van der Waals surface area contributed by atoms with Crippen molar-refractivity contribution in [3.63, 3.8) is 0 Å². The van der Waals surface area contributed by atoms with Gasteiger partial charge in [-0.25, -0.2) is 0 Å². The van der Waals surface area contributed by atoms with E-state index in [-0.39, 0.29) is 0 Å². The quantitative estimate of drug-likeness (QED) is 0.320. The van der Waals surface area contributed by atoms with Gasteiger partial charge >= 0.3 is 182 Å². The van der Waals surface area contributed by atoms with Crippen molar-refractivity contribution in [3.05, 3.63) is 121 Å². The van der Waals surface area contributed by atoms with Crippen LogP contribution in [-0.2, 0) is 26.2 Å². The Morgan fingerprint density at radius 1 is 0.433 bits per heavy atom. The maximum absolute atomic E-state index is 8.64. The summed E-state index contributed by atoms with van der Waals surface area (Å²) >= 11 is -8.88. The number of benzene rings is 4. The van der Waals surface area contributed by atoms with Gasteiger partial charge in [-0.05, 0) is 0 Å². The Bertz CT molecular complexity index is 1050. The van der Waals surface area contributed by atoms with Crippen LogP contribution in [0.4, 0.5) is 0 Å². The summed E-state index contributed by atoms with van der Waals surface area (Å²) in [7, 11) is 0. The van der Waals surface area contributed by atoms with Crippen LogP contribution in [0, 0.1) is 0 Å². The minimum absolute atomic E-state index is 1.45. The first-order valence-corrected chi connectivity index (χ1v) is 17.3. The van der Waals surface area contributed by atoms with Gasteiger partial charge in [-0.1, -0.05) is 0 Å². The van der Waals surface area contributed by atoms with E-state index in [0.29, 0.717) is 0 Å². The molecular formula is C24H20AsO4Re. The van der Waals surface area contributed by atoms with Crippen molar-refractivity contribution in [2.75, 3.05) is 0 Å². The Morgan fingerprint density at radius 3 is 0.767 bits per heavy atom. The molecule has 0 N–H and O–H groups in total. The van der Waals surface area contributed by atoms with Crippen LogP contribution in [0.25, 0.3) is 0 Å². The summed E-state index contributed by atoms with van der Waals surface area (Å²) in [4.78, 5) is 0. The van der Waals surface area contributed by atoms with E-state index < -0.39 is 29.3 Å². The molecule has 0 spiro atoms. The fourth-order valence-electron chi connectivity index (χ4n) is 3.50. The zero-order valence-electron chi connectivity index (χ0n) is 16.0. The summed E-state index contributed by atoms with van der Waals surface area (Å²) in [6.07, 6.45) is 0. The summed E-state index contributed by atoms with van der Waals surface area (Å²) in [5.74, 6) is 0. The maximum atomic E-state index is 8.64. The molecule has 0 aliphatic heterocycles. The Labute approximate surface area is 181 Å². The van der Waals surface area contributed by atoms with Gasteiger partial charge in [0.2, 0.25) is 0 Å². The molecule has 0 heterocycles. The molecule has 0 aliphatic rings. The molecule has 152 valence electrons. The molecule has 0 saturated heterocycles. The van der Waals surface area contributed by atoms with E-state index in [0.717, 1.165) is 0 Å². The molecule has 30 heavy (non-hydrogen) atoms. The molecule has 4 aromatic rings. The predicted molar refractivity (Wildman–Crippen MR) is 112 cm³/mol. The molecule has 0 radical (unpaired) electrons. The first-order chi connectivity index (χ1) is 14.4. The Kier molecular flexibility index (Phi) is 7.37. The van der Waals surface area contributed by atoms with Crippen molar-refractivity contribution in [1.29, 1.82) is 0 Å². The molecule has 0 amide bonds. The van der Waals surface area contributed by atoms with Crippen molar-refractivity contribution < 1.29 is 30.0 Å². The number of rotatable bonds is 4. The molecule has 0 saturated carbocycles. The van der Waals surface area contributed by atoms with Crippen molar-refractivity contribution in [2.24, 2.45) is 0 Å². The summed E-state index contributed by atoms with van der Waals surface area (Å²) in [5.41, 5.74) is 0. The van der Waals surface area contributed by atoms with Crippen molar-refractivity contribution in [3.8, 4) is 0 Å². The normalized spacial score (nSPS) is 11.2. The van der Waals surface area contributed by atoms with E-state index in [4.69, 9.17) is 14.2 Å². The molecule has 0 aliphatic carbocycles. The second kappa shape index (κ2) is 9.98. The Hall–Kier alpha value is -2.54. The van der Waals surface area contributed by atoms with Gasteiger partial charge in [-0.15, -0.1) is 0 Å². The fraction of sp³-hybridized carbons (Fsp3) is 0. The van der Waals surface area contributed by atoms with Crippen LogP contribution in [0.2, 0.25) is 0 Å². The van der Waals surface area contributed by atoms with Crippen LogP contribution in [0.1, 0.15) is 0 Å². The van der Waals surface area contributed by atoms with Gasteiger partial charge in [0.25, 0.3) is 0 Å². The van der Waals surface area contributed by atoms with Crippen LogP contribution in [0.5, 0.6) is 0 Å². The third-order valence-corrected chi connectivity index (χ3v) is 13.6. The van der Waals surface area contributed by atoms with E-state index in [1.807, 2.05) is 0 Å². The van der Waals surface area contributed by atoms with E-state index in [1.54, 1.807) is 0 Å². The second-order valence-corrected chi connectivity index (χ2v) is 16.3. The monoisotopic (exact) mass is 634 g/mol. The molecule has 0 atom stereocenters. The summed E-state index contributed by atoms with van der Waals surface area (Å²) in [5, 5.41) is 0. The van der Waals surface area contributed by atoms with Crippen molar-refractivity contribution in [1.82, 2.24) is 0 Å². The summed E-state index contributed by atoms with van der Waals surface area (Å²) < 4.78 is 40.3. The average Bonchev–Trinajstić information content (AvgIpc) is 2.76. The topological polar surface area (TPSA) is 74.3 Å². The van der Waals surface area contributed by atoms with Crippen LogP contribution in [-0.4, -0.2) is 13.6 Å². The van der Waals surface area contributed by atoms with E-state index in [9.17, 15) is 0 Å². The van der Waals surface area contributed by atoms with Gasteiger partial charge in [-0.3, -0.25) is 0 Å². The van der Waals surface area contributed by atoms with Crippen molar-refractivity contribution in [2.45, 2.75) is 0 Å². The summed E-state index contributed by atoms with van der Waals surface area (Å²) in [6, 6.07) is 44.2. The first kappa shape index (κ1) is 22.2. The predicted octanol–water partition coefficient (Wildman–Crippen LogP) is 1.52. The van der Waals surface area contributed by atoms with Gasteiger partial charge < -0.3 is 0 Å². The van der Waals surface area contributed by atoms with E-state index in [2.05, 4.69) is 121 Å². The van der Waals surface area contributed by atoms with Gasteiger partial charge in [0, 0.05) is 0 Å². The van der Waals surface area contributed by atoms with Gasteiger partial charge in [0.1, 0.15) is 0 Å². The number of hydrogen-bond donors (Lipinski definition) is 0. The molecular weight excluding hydrogens is 613 g/mol. The van der Waals surface area contributed by atoms with E-state index >= 15 is 0 Å². The molecule has 0 bridgehead atoms. The fourth-order valence-corrected chi connectivity index (χ4v) is 12.5. The molecule has 0 unspecified atom stereocenters. The minimum atomic E-state index is -6.11. The van der Waals surface area contributed by atoms with E-state index in [1.165, 1.54) is 17.4 Å². The zero-order chi connectivity index (χ0) is 21.5. The molecule has 0 fully saturated rings. The molecule has 4 aromatic carbocycles. The third-order valence-electron chi connectivity index (χ3n) is 4.57. The van der Waals surface area contributed by atoms with Gasteiger partial charge in [0.05, 0.1) is 0 Å². The SMILES string of the molecule is [O]=[Re](=[O])(=[O])[O-].c1ccc([As+](c2ccccc2)(c2ccccc2)c2ccccc2)cc1. The standard InChI is InChI=1S/C24H20As.4O.Re/c1-5-13-21(14-6-1)25(22-15-7-2-8-16-22,23-17-9-3-10-18-23)24-19-11-4-12-20-24;;;;;/h1-20H;;;;;/q+1;;;;-1;. The molecule has 4 nitrogen and oxygen atoms in total. The molecule has 6 heteroatoms. The molecule has 4 rings (SSSR count). The van der Waals surface area contributed by atoms with Crippen molar-refractivity contribution >= 4 is 31.0 Å². The summed E-state index contributed by atoms with van der Waals surface area (Å²) in [6.45, 7) is 0. The van der Waals surface area contributed by atoms with Crippen LogP contribution < -0.4 is 21.2 Å². The average molecular weight is 634 g/mol. The first-order valence-electron chi connectivity index (χ1n) is 9.15. The number of hydrogen-bond acceptors (Lipinski definition) is 4. The van der Waals surface area contributed by atoms with Crippen LogP contribution in [0.15, 0.2) is 121 Å². The van der Waals surface area contributed by atoms with Gasteiger partial charge in [0.15, 0.2) is 0 Å². The zero-order valence-corrected chi connectivity index (χ0v) is 20.6. The Balaban J connectivity index is 0.000000461. The molecule has 0 aromatic heterocycles. The second-order valence-electron chi connectivity index (χ2n) is 6.39. The van der Waals surface area contributed by atoms with Crippen LogP contribution >= 0.6 is 0 Å². The third kappa shape index (κ3) is 5.33. The van der Waals surface area contributed by atoms with Gasteiger partial charge in [-0.2, -0.15) is 0 Å². The van der Waals surface area contributed by atoms with Crippen LogP contribution in [0.3, 0.4) is 0 Å².